The van der Waals surface area contributed by atoms with Crippen molar-refractivity contribution >= 4 is 29.1 Å². The Morgan fingerprint density at radius 3 is 2.83 bits per heavy atom. The molecule has 2 aromatic heterocycles. The molecule has 2 heterocycles. The van der Waals surface area contributed by atoms with Crippen LogP contribution < -0.4 is 5.73 Å². The average Bonchev–Trinajstić information content (AvgIpc) is 3.05. The van der Waals surface area contributed by atoms with Crippen LogP contribution in [0.5, 0.6) is 0 Å². The molecule has 0 bridgehead atoms. The number of aromatic nitrogens is 4. The monoisotopic (exact) mass is 421 g/mol. The van der Waals surface area contributed by atoms with Crippen molar-refractivity contribution in [2.45, 2.75) is 32.6 Å². The molecule has 1 aliphatic rings. The maximum Gasteiger partial charge on any atom is 0.251 e. The van der Waals surface area contributed by atoms with Crippen LogP contribution in [0, 0.1) is 0 Å². The first-order valence-corrected chi connectivity index (χ1v) is 10.2. The Bertz CT molecular complexity index is 1160. The molecule has 0 fully saturated rings. The molecule has 3 aromatic rings. The van der Waals surface area contributed by atoms with E-state index in [1.165, 1.54) is 0 Å². The van der Waals surface area contributed by atoms with Crippen molar-refractivity contribution < 1.29 is 0 Å². The zero-order valence-electron chi connectivity index (χ0n) is 17.4. The Labute approximate surface area is 180 Å². The topological polar surface area (TPSA) is 94.3 Å². The van der Waals surface area contributed by atoms with Crippen LogP contribution in [-0.4, -0.2) is 38.3 Å². The summed E-state index contributed by atoms with van der Waals surface area (Å²) in [6.45, 7) is 1.92. The lowest BCUT2D eigenvalue weighted by atomic mass is 9.91. The molecule has 0 spiro atoms. The van der Waals surface area contributed by atoms with E-state index < -0.39 is 0 Å². The summed E-state index contributed by atoms with van der Waals surface area (Å²) in [7, 11) is 3.71. The summed E-state index contributed by atoms with van der Waals surface area (Å²) in [5.41, 5.74) is 13.2. The predicted molar refractivity (Wildman–Crippen MR) is 121 cm³/mol. The lowest BCUT2D eigenvalue weighted by Gasteiger charge is -2.16. The average molecular weight is 422 g/mol. The summed E-state index contributed by atoms with van der Waals surface area (Å²) in [4.78, 5) is 17.7. The number of benzene rings is 1. The Morgan fingerprint density at radius 1 is 1.27 bits per heavy atom. The van der Waals surface area contributed by atoms with Crippen LogP contribution in [-0.2, 0) is 26.3 Å². The molecule has 0 unspecified atom stereocenters. The van der Waals surface area contributed by atoms with Crippen molar-refractivity contribution in [1.82, 2.24) is 19.7 Å². The number of rotatable bonds is 5. The molecule has 8 heteroatoms. The summed E-state index contributed by atoms with van der Waals surface area (Å²) in [5.74, 6) is 0.798. The number of aryl methyl sites for hydroxylation is 3. The van der Waals surface area contributed by atoms with E-state index in [0.29, 0.717) is 24.6 Å². The molecule has 0 saturated carbocycles. The molecule has 0 aliphatic heterocycles. The second-order valence-electron chi connectivity index (χ2n) is 7.44. The minimum absolute atomic E-state index is 0.357. The maximum absolute atomic E-state index is 6.42. The molecule has 2 N–H and O–H groups in total. The van der Waals surface area contributed by atoms with E-state index in [0.717, 1.165) is 57.3 Å². The third kappa shape index (κ3) is 3.98. The second kappa shape index (κ2) is 8.36. The van der Waals surface area contributed by atoms with Gasteiger partial charge in [0.25, 0.3) is 5.95 Å². The quantitative estimate of drug-likeness (QED) is 0.502. The van der Waals surface area contributed by atoms with Crippen LogP contribution in [0.2, 0.25) is 5.02 Å². The number of amidine groups is 1. The zero-order chi connectivity index (χ0) is 21.3. The number of halogens is 1. The molecule has 7 nitrogen and oxygen atoms in total. The first-order chi connectivity index (χ1) is 14.5. The highest BCUT2D eigenvalue weighted by molar-refractivity contribution is 6.31. The highest BCUT2D eigenvalue weighted by Gasteiger charge is 2.26. The lowest BCUT2D eigenvalue weighted by molar-refractivity contribution is 0.705. The van der Waals surface area contributed by atoms with Crippen LogP contribution in [0.25, 0.3) is 11.3 Å². The van der Waals surface area contributed by atoms with E-state index in [9.17, 15) is 0 Å². The van der Waals surface area contributed by atoms with E-state index in [4.69, 9.17) is 27.4 Å². The van der Waals surface area contributed by atoms with Crippen LogP contribution in [0.1, 0.15) is 35.9 Å². The largest absolute Gasteiger partial charge is 0.387 e. The van der Waals surface area contributed by atoms with Gasteiger partial charge in [0.1, 0.15) is 5.84 Å². The Balaban J connectivity index is 1.76. The molecule has 0 atom stereocenters. The Morgan fingerprint density at radius 2 is 2.07 bits per heavy atom. The standard InChI is InChI=1S/C22H24ClN7/c1-13(25-2)10-19(24)27-22-26-12-15-8-9-17-20(21(15)28-22)18(30(3)29-17)11-14-6-4-5-7-16(14)23/h4-7,12H,8-11H2,1-3H3,(H2,24,26,27,28). The molecule has 0 saturated heterocycles. The fraction of sp³-hybridized carbons (Fsp3) is 0.318. The second-order valence-corrected chi connectivity index (χ2v) is 7.85. The normalized spacial score (nSPS) is 13.9. The number of nitrogens with zero attached hydrogens (tertiary/aromatic N) is 6. The van der Waals surface area contributed by atoms with Crippen molar-refractivity contribution in [2.75, 3.05) is 7.05 Å². The smallest absolute Gasteiger partial charge is 0.251 e. The van der Waals surface area contributed by atoms with E-state index >= 15 is 0 Å². The molecule has 0 amide bonds. The molecular formula is C22H24ClN7. The van der Waals surface area contributed by atoms with Crippen LogP contribution in [0.3, 0.4) is 0 Å². The van der Waals surface area contributed by atoms with Gasteiger partial charge in [0.15, 0.2) is 0 Å². The number of aliphatic imine (C=N–C) groups is 2. The van der Waals surface area contributed by atoms with E-state index in [-0.39, 0.29) is 0 Å². The van der Waals surface area contributed by atoms with Gasteiger partial charge in [0.2, 0.25) is 0 Å². The predicted octanol–water partition coefficient (Wildman–Crippen LogP) is 3.69. The minimum Gasteiger partial charge on any atom is -0.387 e. The van der Waals surface area contributed by atoms with Gasteiger partial charge in [-0.25, -0.2) is 9.97 Å². The van der Waals surface area contributed by atoms with Gasteiger partial charge in [0.05, 0.1) is 17.1 Å². The van der Waals surface area contributed by atoms with E-state index in [2.05, 4.69) is 15.0 Å². The molecular weight excluding hydrogens is 398 g/mol. The first kappa shape index (κ1) is 20.2. The van der Waals surface area contributed by atoms with Gasteiger partial charge in [-0.05, 0) is 37.0 Å². The molecule has 4 rings (SSSR count). The van der Waals surface area contributed by atoms with E-state index in [1.807, 2.05) is 49.1 Å². The van der Waals surface area contributed by atoms with Gasteiger partial charge in [0, 0.05) is 49.4 Å². The number of nitrogens with two attached hydrogens (primary N) is 1. The highest BCUT2D eigenvalue weighted by atomic mass is 35.5. The molecule has 1 aliphatic carbocycles. The van der Waals surface area contributed by atoms with Crippen LogP contribution in [0.4, 0.5) is 5.95 Å². The lowest BCUT2D eigenvalue weighted by Crippen LogP contribution is -2.15. The van der Waals surface area contributed by atoms with Crippen LogP contribution in [0.15, 0.2) is 40.4 Å². The van der Waals surface area contributed by atoms with Crippen molar-refractivity contribution in [3.8, 4) is 11.3 Å². The van der Waals surface area contributed by atoms with Gasteiger partial charge < -0.3 is 5.73 Å². The number of hydrogen-bond acceptors (Lipinski definition) is 5. The first-order valence-electron chi connectivity index (χ1n) is 9.86. The number of fused-ring (bicyclic) bond motifs is 3. The fourth-order valence-corrected chi connectivity index (χ4v) is 3.91. The van der Waals surface area contributed by atoms with Crippen molar-refractivity contribution in [1.29, 1.82) is 0 Å². The van der Waals surface area contributed by atoms with Crippen molar-refractivity contribution in [2.24, 2.45) is 22.8 Å². The minimum atomic E-state index is 0.357. The van der Waals surface area contributed by atoms with Crippen molar-refractivity contribution in [3.63, 3.8) is 0 Å². The molecule has 1 aromatic carbocycles. The number of hydrogen-bond donors (Lipinski definition) is 1. The molecule has 0 radical (unpaired) electrons. The Hall–Kier alpha value is -3.06. The fourth-order valence-electron chi connectivity index (χ4n) is 3.71. The maximum atomic E-state index is 6.42. The van der Waals surface area contributed by atoms with Crippen molar-refractivity contribution in [3.05, 3.63) is 58.0 Å². The SMILES string of the molecule is CN=C(C)CC(N)=Nc1ncc2c(n1)-c1c(nn(C)c1Cc1ccccc1Cl)CC2. The van der Waals surface area contributed by atoms with Gasteiger partial charge >= 0.3 is 0 Å². The van der Waals surface area contributed by atoms with Gasteiger partial charge in [-0.2, -0.15) is 10.1 Å². The molecule has 30 heavy (non-hydrogen) atoms. The molecule has 154 valence electrons. The van der Waals surface area contributed by atoms with Crippen LogP contribution >= 0.6 is 11.6 Å². The summed E-state index contributed by atoms with van der Waals surface area (Å²) in [6.07, 6.45) is 4.73. The van der Waals surface area contributed by atoms with Gasteiger partial charge in [-0.1, -0.05) is 29.8 Å². The Kier molecular flexibility index (Phi) is 5.63. The van der Waals surface area contributed by atoms with Gasteiger partial charge in [-0.15, -0.1) is 0 Å². The summed E-state index contributed by atoms with van der Waals surface area (Å²) >= 11 is 6.42. The summed E-state index contributed by atoms with van der Waals surface area (Å²) in [6, 6.07) is 7.89. The highest BCUT2D eigenvalue weighted by Crippen LogP contribution is 2.36. The zero-order valence-corrected chi connectivity index (χ0v) is 18.1. The van der Waals surface area contributed by atoms with Gasteiger partial charge in [-0.3, -0.25) is 9.67 Å². The third-order valence-corrected chi connectivity index (χ3v) is 5.71. The van der Waals surface area contributed by atoms with E-state index in [1.54, 1.807) is 7.05 Å². The summed E-state index contributed by atoms with van der Waals surface area (Å²) in [5, 5.41) is 5.50. The third-order valence-electron chi connectivity index (χ3n) is 5.34. The summed E-state index contributed by atoms with van der Waals surface area (Å²) < 4.78 is 1.93.